The molecule has 2 fully saturated rings. The van der Waals surface area contributed by atoms with Gasteiger partial charge in [-0.15, -0.1) is 0 Å². The molecule has 0 radical (unpaired) electrons. The first-order valence-corrected chi connectivity index (χ1v) is 21.4. The molecule has 3 aliphatic rings. The largest absolute Gasteiger partial charge is 0.465 e. The molecule has 0 spiro atoms. The van der Waals surface area contributed by atoms with Crippen LogP contribution in [0.25, 0.3) is 0 Å². The van der Waals surface area contributed by atoms with Gasteiger partial charge in [0.05, 0.1) is 51.2 Å². The Balaban J connectivity index is 1.07. The Morgan fingerprint density at radius 3 is 1.82 bits per heavy atom. The zero-order valence-corrected chi connectivity index (χ0v) is 35.1. The molecule has 5 rings (SSSR count). The summed E-state index contributed by atoms with van der Waals surface area (Å²) in [6, 6.07) is 12.3. The average molecular weight is 859 g/mol. The summed E-state index contributed by atoms with van der Waals surface area (Å²) in [4.78, 5) is 75.6. The van der Waals surface area contributed by atoms with Gasteiger partial charge in [0.25, 0.3) is 0 Å². The predicted octanol–water partition coefficient (Wildman–Crippen LogP) is 7.64. The number of aryl methyl sites for hydroxylation is 1. The van der Waals surface area contributed by atoms with E-state index in [9.17, 15) is 39.3 Å². The Morgan fingerprint density at radius 2 is 1.23 bits per heavy atom. The molecule has 2 aromatic rings. The summed E-state index contributed by atoms with van der Waals surface area (Å²) in [6.07, 6.45) is 6.10. The fourth-order valence-electron chi connectivity index (χ4n) is 6.89. The topological polar surface area (TPSA) is 205 Å². The molecule has 0 bridgehead atoms. The van der Waals surface area contributed by atoms with Crippen LogP contribution in [0.15, 0.2) is 62.6 Å². The van der Waals surface area contributed by atoms with E-state index in [-0.39, 0.29) is 55.9 Å². The van der Waals surface area contributed by atoms with Gasteiger partial charge >= 0.3 is 35.8 Å². The van der Waals surface area contributed by atoms with Crippen molar-refractivity contribution in [2.24, 2.45) is 23.7 Å². The van der Waals surface area contributed by atoms with Crippen molar-refractivity contribution in [1.29, 1.82) is 10.5 Å². The van der Waals surface area contributed by atoms with Gasteiger partial charge in [-0.25, -0.2) is 4.79 Å². The number of nitriles is 2. The summed E-state index contributed by atoms with van der Waals surface area (Å²) in [7, 11) is 0. The number of hydrogen-bond donors (Lipinski definition) is 0. The minimum absolute atomic E-state index is 0.0814. The average Bonchev–Trinajstić information content (AvgIpc) is 3.69. The summed E-state index contributed by atoms with van der Waals surface area (Å²) >= 11 is 2.28. The van der Waals surface area contributed by atoms with E-state index in [1.54, 1.807) is 37.3 Å². The standard InChI is InChI=1S/C44H46N2O12S2/c1-4-35(47)54-21-22-55-37(49)18-17-36(48)53-20-19-28-7-15-33(16-8-28)56-41(50)30-11-13-31(14-12-30)42(51)57-34-23-27(3)38(58-43(52)29-9-5-26(2)6-10-29)40-39(34)59-44(60-40)32(24-45)25-46/h4,7-8,15-16,23,26,29-31H,1,5-6,9-14,17-22H2,2-3H3. The first-order valence-electron chi connectivity index (χ1n) is 19.8. The first-order chi connectivity index (χ1) is 28.9. The molecule has 16 heteroatoms. The van der Waals surface area contributed by atoms with E-state index in [1.165, 1.54) is 0 Å². The van der Waals surface area contributed by atoms with Gasteiger partial charge in [0.15, 0.2) is 0 Å². The van der Waals surface area contributed by atoms with E-state index in [2.05, 4.69) is 13.5 Å². The zero-order chi connectivity index (χ0) is 43.2. The van der Waals surface area contributed by atoms with Crippen LogP contribution in [0.4, 0.5) is 0 Å². The minimum atomic E-state index is -0.629. The number of nitrogens with zero attached hydrogens (tertiary/aromatic N) is 2. The minimum Gasteiger partial charge on any atom is -0.465 e. The molecular formula is C44H46N2O12S2. The maximum Gasteiger partial charge on any atom is 0.330 e. The molecule has 0 amide bonds. The van der Waals surface area contributed by atoms with Crippen molar-refractivity contribution < 1.29 is 57.2 Å². The fraction of sp³-hybridized carbons (Fsp3) is 0.455. The second-order valence-corrected chi connectivity index (χ2v) is 17.0. The van der Waals surface area contributed by atoms with Gasteiger partial charge in [0.2, 0.25) is 0 Å². The van der Waals surface area contributed by atoms with Crippen LogP contribution in [0, 0.1) is 53.3 Å². The highest BCUT2D eigenvalue weighted by Crippen LogP contribution is 2.60. The lowest BCUT2D eigenvalue weighted by atomic mass is 9.82. The molecule has 316 valence electrons. The third-order valence-corrected chi connectivity index (χ3v) is 13.0. The quantitative estimate of drug-likeness (QED) is 0.0397. The number of allylic oxidation sites excluding steroid dienone is 1. The van der Waals surface area contributed by atoms with Gasteiger partial charge in [0.1, 0.15) is 48.2 Å². The number of ether oxygens (including phenoxy) is 6. The lowest BCUT2D eigenvalue weighted by Crippen LogP contribution is -2.30. The van der Waals surface area contributed by atoms with Gasteiger partial charge in [-0.1, -0.05) is 49.2 Å². The van der Waals surface area contributed by atoms with E-state index in [1.807, 2.05) is 12.1 Å². The van der Waals surface area contributed by atoms with Crippen molar-refractivity contribution in [3.63, 3.8) is 0 Å². The van der Waals surface area contributed by atoms with Crippen LogP contribution < -0.4 is 14.2 Å². The molecule has 14 nitrogen and oxygen atoms in total. The highest BCUT2D eigenvalue weighted by Gasteiger charge is 2.36. The van der Waals surface area contributed by atoms with Gasteiger partial charge in [-0.3, -0.25) is 24.0 Å². The lowest BCUT2D eigenvalue weighted by Gasteiger charge is -2.26. The molecular weight excluding hydrogens is 813 g/mol. The van der Waals surface area contributed by atoms with Crippen molar-refractivity contribution in [3.8, 4) is 29.4 Å². The SMILES string of the molecule is C=CC(=O)OCCOC(=O)CCC(=O)OCCc1ccc(OC(=O)C2CCC(C(=O)Oc3cc(C)c(OC(=O)C4CCC(C)CC4)c4c3SC(=C(C#N)C#N)S4)CC2)cc1. The van der Waals surface area contributed by atoms with Crippen molar-refractivity contribution in [2.75, 3.05) is 19.8 Å². The molecule has 2 aromatic carbocycles. The second kappa shape index (κ2) is 22.1. The maximum absolute atomic E-state index is 13.5. The highest BCUT2D eigenvalue weighted by molar-refractivity contribution is 8.24. The number of hydrogen-bond acceptors (Lipinski definition) is 16. The van der Waals surface area contributed by atoms with Gasteiger partial charge in [-0.05, 0) is 93.5 Å². The molecule has 0 aromatic heterocycles. The molecule has 1 aliphatic heterocycles. The van der Waals surface area contributed by atoms with Crippen LogP contribution in [0.2, 0.25) is 0 Å². The first kappa shape index (κ1) is 45.5. The molecule has 60 heavy (non-hydrogen) atoms. The summed E-state index contributed by atoms with van der Waals surface area (Å²) in [5, 5.41) is 19.2. The van der Waals surface area contributed by atoms with Crippen molar-refractivity contribution in [2.45, 2.75) is 94.3 Å². The second-order valence-electron chi connectivity index (χ2n) is 14.7. The van der Waals surface area contributed by atoms with Crippen molar-refractivity contribution >= 4 is 59.3 Å². The van der Waals surface area contributed by atoms with Gasteiger partial charge < -0.3 is 28.4 Å². The van der Waals surface area contributed by atoms with Crippen LogP contribution >= 0.6 is 23.5 Å². The third-order valence-electron chi connectivity index (χ3n) is 10.4. The van der Waals surface area contributed by atoms with Crippen LogP contribution in [-0.4, -0.2) is 55.6 Å². The van der Waals surface area contributed by atoms with Crippen LogP contribution in [0.5, 0.6) is 17.2 Å². The smallest absolute Gasteiger partial charge is 0.330 e. The summed E-state index contributed by atoms with van der Waals surface area (Å²) in [5.74, 6) is -2.58. The Hall–Kier alpha value is -5.58. The molecule has 0 N–H and O–H groups in total. The Morgan fingerprint density at radius 1 is 0.717 bits per heavy atom. The predicted molar refractivity (Wildman–Crippen MR) is 217 cm³/mol. The number of benzene rings is 2. The lowest BCUT2D eigenvalue weighted by molar-refractivity contribution is -0.152. The molecule has 1 heterocycles. The molecule has 2 saturated carbocycles. The van der Waals surface area contributed by atoms with E-state index in [4.69, 9.17) is 28.4 Å². The zero-order valence-electron chi connectivity index (χ0n) is 33.5. The van der Waals surface area contributed by atoms with Crippen LogP contribution in [0.3, 0.4) is 0 Å². The molecule has 2 aliphatic carbocycles. The number of thioether (sulfide) groups is 2. The molecule has 0 saturated heterocycles. The monoisotopic (exact) mass is 858 g/mol. The van der Waals surface area contributed by atoms with Crippen molar-refractivity contribution in [3.05, 3.63) is 63.9 Å². The summed E-state index contributed by atoms with van der Waals surface area (Å²) in [6.45, 7) is 7.03. The van der Waals surface area contributed by atoms with Gasteiger partial charge in [-0.2, -0.15) is 10.5 Å². The van der Waals surface area contributed by atoms with E-state index >= 15 is 0 Å². The normalized spacial score (nSPS) is 19.3. The number of carbonyl (C=O) groups excluding carboxylic acids is 6. The summed E-state index contributed by atoms with van der Waals surface area (Å²) in [5.41, 5.74) is 1.33. The number of rotatable bonds is 16. The Bertz CT molecular complexity index is 2070. The van der Waals surface area contributed by atoms with Crippen molar-refractivity contribution in [1.82, 2.24) is 0 Å². The third kappa shape index (κ3) is 12.7. The van der Waals surface area contributed by atoms with E-state index in [0.29, 0.717) is 69.1 Å². The Kier molecular flexibility index (Phi) is 16.8. The molecule has 0 atom stereocenters. The number of esters is 6. The number of carbonyl (C=O) groups is 6. The molecule has 0 unspecified atom stereocenters. The van der Waals surface area contributed by atoms with Crippen LogP contribution in [0.1, 0.15) is 82.3 Å². The van der Waals surface area contributed by atoms with Crippen LogP contribution in [-0.2, 0) is 49.4 Å². The Labute approximate surface area is 356 Å². The van der Waals surface area contributed by atoms with E-state index < -0.39 is 41.7 Å². The van der Waals surface area contributed by atoms with Gasteiger partial charge in [0, 0.05) is 12.5 Å². The number of fused-ring (bicyclic) bond motifs is 1. The maximum atomic E-state index is 13.5. The fourth-order valence-corrected chi connectivity index (χ4v) is 9.44. The summed E-state index contributed by atoms with van der Waals surface area (Å²) < 4.78 is 32.8. The highest BCUT2D eigenvalue weighted by atomic mass is 32.2. The van der Waals surface area contributed by atoms with E-state index in [0.717, 1.165) is 60.8 Å².